The van der Waals surface area contributed by atoms with Crippen LogP contribution < -0.4 is 10.1 Å². The molecule has 0 aliphatic carbocycles. The van der Waals surface area contributed by atoms with Crippen molar-refractivity contribution in [3.63, 3.8) is 0 Å². The Morgan fingerprint density at radius 2 is 2.00 bits per heavy atom. The van der Waals surface area contributed by atoms with E-state index in [2.05, 4.69) is 20.2 Å². The van der Waals surface area contributed by atoms with E-state index in [1.54, 1.807) is 6.20 Å². The van der Waals surface area contributed by atoms with E-state index in [0.29, 0.717) is 24.2 Å². The Labute approximate surface area is 152 Å². The largest absolute Gasteiger partial charge is 0.476 e. The molecule has 0 saturated heterocycles. The van der Waals surface area contributed by atoms with Crippen LogP contribution in [0.5, 0.6) is 5.88 Å². The second kappa shape index (κ2) is 8.14. The predicted molar refractivity (Wildman–Crippen MR) is 102 cm³/mol. The lowest BCUT2D eigenvalue weighted by Gasteiger charge is -2.11. The van der Waals surface area contributed by atoms with Gasteiger partial charge in [-0.15, -0.1) is 0 Å². The van der Waals surface area contributed by atoms with Crippen molar-refractivity contribution in [3.8, 4) is 5.88 Å². The Balaban J connectivity index is 1.65. The molecule has 0 spiro atoms. The lowest BCUT2D eigenvalue weighted by Crippen LogP contribution is -2.19. The molecule has 0 amide bonds. The van der Waals surface area contributed by atoms with E-state index in [1.165, 1.54) is 0 Å². The van der Waals surface area contributed by atoms with Crippen molar-refractivity contribution < 1.29 is 4.74 Å². The molecule has 6 heteroatoms. The average Bonchev–Trinajstić information content (AvgIpc) is 2.60. The summed E-state index contributed by atoms with van der Waals surface area (Å²) in [6.07, 6.45) is 1.75. The minimum atomic E-state index is 0.503. The maximum absolute atomic E-state index is 6.27. The van der Waals surface area contributed by atoms with Gasteiger partial charge in [-0.3, -0.25) is 0 Å². The number of aromatic nitrogens is 2. The minimum Gasteiger partial charge on any atom is -0.476 e. The number of pyridine rings is 2. The smallest absolute Gasteiger partial charge is 0.213 e. The molecule has 5 nitrogen and oxygen atoms in total. The SMILES string of the molecule is CN(C)CCOc1cc(CNc2cc3ccccc3c(Cl)n2)ccn1. The van der Waals surface area contributed by atoms with E-state index in [9.17, 15) is 0 Å². The molecule has 0 aliphatic heterocycles. The Kier molecular flexibility index (Phi) is 5.68. The summed E-state index contributed by atoms with van der Waals surface area (Å²) in [7, 11) is 4.03. The van der Waals surface area contributed by atoms with Crippen LogP contribution in [0.1, 0.15) is 5.56 Å². The van der Waals surface area contributed by atoms with Crippen LogP contribution in [0.15, 0.2) is 48.7 Å². The van der Waals surface area contributed by atoms with Crippen molar-refractivity contribution >= 4 is 28.2 Å². The summed E-state index contributed by atoms with van der Waals surface area (Å²) in [5, 5.41) is 5.83. The lowest BCUT2D eigenvalue weighted by atomic mass is 10.2. The van der Waals surface area contributed by atoms with E-state index in [4.69, 9.17) is 16.3 Å². The molecule has 0 atom stereocenters. The van der Waals surface area contributed by atoms with Gasteiger partial charge in [0.15, 0.2) is 0 Å². The van der Waals surface area contributed by atoms with Gasteiger partial charge in [0.25, 0.3) is 0 Å². The zero-order chi connectivity index (χ0) is 17.6. The average molecular weight is 357 g/mol. The number of benzene rings is 1. The van der Waals surface area contributed by atoms with Crippen LogP contribution in [0.4, 0.5) is 5.82 Å². The fourth-order valence-corrected chi connectivity index (χ4v) is 2.67. The quantitative estimate of drug-likeness (QED) is 0.652. The third kappa shape index (κ3) is 4.81. The number of halogens is 1. The molecule has 25 heavy (non-hydrogen) atoms. The van der Waals surface area contributed by atoms with E-state index >= 15 is 0 Å². The second-order valence-electron chi connectivity index (χ2n) is 6.03. The highest BCUT2D eigenvalue weighted by molar-refractivity contribution is 6.34. The van der Waals surface area contributed by atoms with Gasteiger partial charge in [-0.1, -0.05) is 35.9 Å². The van der Waals surface area contributed by atoms with E-state index in [1.807, 2.05) is 56.6 Å². The molecular formula is C19H21ClN4O. The molecule has 0 unspecified atom stereocenters. The fraction of sp³-hybridized carbons (Fsp3) is 0.263. The first-order valence-corrected chi connectivity index (χ1v) is 8.51. The Morgan fingerprint density at radius 1 is 1.16 bits per heavy atom. The van der Waals surface area contributed by atoms with Crippen LogP contribution >= 0.6 is 11.6 Å². The maximum Gasteiger partial charge on any atom is 0.213 e. The molecule has 2 heterocycles. The van der Waals surface area contributed by atoms with Crippen LogP contribution in [0.25, 0.3) is 10.8 Å². The summed E-state index contributed by atoms with van der Waals surface area (Å²) in [6.45, 7) is 2.08. The topological polar surface area (TPSA) is 50.3 Å². The molecule has 3 rings (SSSR count). The first-order valence-electron chi connectivity index (χ1n) is 8.13. The number of likely N-dealkylation sites (N-methyl/N-ethyl adjacent to an activating group) is 1. The van der Waals surface area contributed by atoms with Gasteiger partial charge in [-0.25, -0.2) is 9.97 Å². The van der Waals surface area contributed by atoms with Crippen molar-refractivity contribution in [2.24, 2.45) is 0 Å². The number of hydrogen-bond donors (Lipinski definition) is 1. The lowest BCUT2D eigenvalue weighted by molar-refractivity contribution is 0.253. The number of rotatable bonds is 7. The van der Waals surface area contributed by atoms with Crippen molar-refractivity contribution in [3.05, 3.63) is 59.4 Å². The van der Waals surface area contributed by atoms with Crippen molar-refractivity contribution in [1.29, 1.82) is 0 Å². The van der Waals surface area contributed by atoms with Crippen LogP contribution in [0, 0.1) is 0 Å². The third-order valence-electron chi connectivity index (χ3n) is 3.76. The molecule has 1 N–H and O–H groups in total. The number of anilines is 1. The van der Waals surface area contributed by atoms with Gasteiger partial charge in [0.2, 0.25) is 5.88 Å². The van der Waals surface area contributed by atoms with Crippen molar-refractivity contribution in [2.75, 3.05) is 32.6 Å². The highest BCUT2D eigenvalue weighted by atomic mass is 35.5. The Morgan fingerprint density at radius 3 is 2.84 bits per heavy atom. The normalized spacial score (nSPS) is 11.0. The number of fused-ring (bicyclic) bond motifs is 1. The summed E-state index contributed by atoms with van der Waals surface area (Å²) >= 11 is 6.27. The van der Waals surface area contributed by atoms with Gasteiger partial charge in [0.1, 0.15) is 17.6 Å². The number of nitrogens with zero attached hydrogens (tertiary/aromatic N) is 3. The first-order chi connectivity index (χ1) is 12.1. The van der Waals surface area contributed by atoms with E-state index in [0.717, 1.165) is 28.7 Å². The summed E-state index contributed by atoms with van der Waals surface area (Å²) in [5.74, 6) is 1.38. The van der Waals surface area contributed by atoms with Crippen LogP contribution in [0.3, 0.4) is 0 Å². The molecule has 0 saturated carbocycles. The maximum atomic E-state index is 6.27. The van der Waals surface area contributed by atoms with Crippen molar-refractivity contribution in [1.82, 2.24) is 14.9 Å². The van der Waals surface area contributed by atoms with Gasteiger partial charge in [-0.05, 0) is 37.2 Å². The molecule has 0 radical (unpaired) electrons. The van der Waals surface area contributed by atoms with Crippen LogP contribution in [-0.4, -0.2) is 42.1 Å². The molecule has 0 bridgehead atoms. The molecule has 130 valence electrons. The number of nitrogens with one attached hydrogen (secondary N) is 1. The van der Waals surface area contributed by atoms with Crippen LogP contribution in [0.2, 0.25) is 5.15 Å². The fourth-order valence-electron chi connectivity index (χ4n) is 2.41. The summed E-state index contributed by atoms with van der Waals surface area (Å²) in [4.78, 5) is 10.7. The van der Waals surface area contributed by atoms with E-state index in [-0.39, 0.29) is 0 Å². The van der Waals surface area contributed by atoms with Gasteiger partial charge >= 0.3 is 0 Å². The molecule has 0 aliphatic rings. The Bertz CT molecular complexity index is 854. The zero-order valence-corrected chi connectivity index (χ0v) is 15.1. The van der Waals surface area contributed by atoms with Crippen molar-refractivity contribution in [2.45, 2.75) is 6.54 Å². The van der Waals surface area contributed by atoms with Gasteiger partial charge in [0.05, 0.1) is 0 Å². The summed E-state index contributed by atoms with van der Waals surface area (Å²) in [6, 6.07) is 13.8. The molecular weight excluding hydrogens is 336 g/mol. The zero-order valence-electron chi connectivity index (χ0n) is 14.4. The predicted octanol–water partition coefficient (Wildman–Crippen LogP) is 3.84. The summed E-state index contributed by atoms with van der Waals surface area (Å²) < 4.78 is 5.67. The van der Waals surface area contributed by atoms with Crippen LogP contribution in [-0.2, 0) is 6.54 Å². The minimum absolute atomic E-state index is 0.503. The molecule has 3 aromatic rings. The molecule has 2 aromatic heterocycles. The molecule has 1 aromatic carbocycles. The van der Waals surface area contributed by atoms with E-state index < -0.39 is 0 Å². The van der Waals surface area contributed by atoms with Gasteiger partial charge in [0, 0.05) is 30.7 Å². The standard InChI is InChI=1S/C19H21ClN4O/c1-24(2)9-10-25-18-11-14(7-8-21-18)13-22-17-12-15-5-3-4-6-16(15)19(20)23-17/h3-8,11-12H,9-10,13H2,1-2H3,(H,22,23). The highest BCUT2D eigenvalue weighted by Gasteiger charge is 2.04. The van der Waals surface area contributed by atoms with Gasteiger partial charge < -0.3 is 15.0 Å². The highest BCUT2D eigenvalue weighted by Crippen LogP contribution is 2.24. The Hall–Kier alpha value is -2.37. The number of ether oxygens (including phenoxy) is 1. The number of hydrogen-bond acceptors (Lipinski definition) is 5. The monoisotopic (exact) mass is 356 g/mol. The summed E-state index contributed by atoms with van der Waals surface area (Å²) in [5.41, 5.74) is 1.07. The molecule has 0 fully saturated rings. The van der Waals surface area contributed by atoms with Gasteiger partial charge in [-0.2, -0.15) is 0 Å². The first kappa shape index (κ1) is 17.5. The third-order valence-corrected chi connectivity index (χ3v) is 4.04. The second-order valence-corrected chi connectivity index (χ2v) is 6.39.